The summed E-state index contributed by atoms with van der Waals surface area (Å²) in [5.41, 5.74) is 8.63. The van der Waals surface area contributed by atoms with Crippen molar-refractivity contribution in [2.75, 3.05) is 23.0 Å². The molecule has 14 nitrogen and oxygen atoms in total. The van der Waals surface area contributed by atoms with Gasteiger partial charge in [0.05, 0.1) is 0 Å². The molecule has 6 rings (SSSR count). The van der Waals surface area contributed by atoms with Crippen LogP contribution in [-0.2, 0) is 28.5 Å². The van der Waals surface area contributed by atoms with Crippen LogP contribution in [0.5, 0.6) is 0 Å². The third-order valence-electron chi connectivity index (χ3n) is 10.5. The molecule has 2 saturated heterocycles. The van der Waals surface area contributed by atoms with Gasteiger partial charge in [-0.3, -0.25) is 9.13 Å². The molecular weight excluding hydrogens is 709 g/mol. The summed E-state index contributed by atoms with van der Waals surface area (Å²) in [6.07, 6.45) is 8.23. The Morgan fingerprint density at radius 1 is 0.731 bits per heavy atom. The lowest BCUT2D eigenvalue weighted by atomic mass is 9.75. The molecule has 2 saturated carbocycles. The first-order valence-corrected chi connectivity index (χ1v) is 20.4. The lowest BCUT2D eigenvalue weighted by Gasteiger charge is -2.37. The number of thioether (sulfide) groups is 2. The van der Waals surface area contributed by atoms with Gasteiger partial charge in [0.15, 0.2) is 0 Å². The van der Waals surface area contributed by atoms with E-state index in [2.05, 4.69) is 51.5 Å². The smallest absolute Gasteiger partial charge is 0.351 e. The molecular formula is C36H54N6O8S2. The molecule has 52 heavy (non-hydrogen) atoms. The number of nitrogens with zero attached hydrogens (tertiary/aromatic N) is 4. The van der Waals surface area contributed by atoms with Gasteiger partial charge in [0.1, 0.15) is 36.3 Å². The average molecular weight is 763 g/mol. The predicted octanol–water partition coefficient (Wildman–Crippen LogP) is 4.84. The minimum absolute atomic E-state index is 0.0598. The third kappa shape index (κ3) is 10.1. The largest absolute Gasteiger partial charge is 0.459 e. The summed E-state index contributed by atoms with van der Waals surface area (Å²) in [7, 11) is 0. The van der Waals surface area contributed by atoms with Crippen molar-refractivity contribution in [3.63, 3.8) is 0 Å². The number of hydrogen-bond acceptors (Lipinski definition) is 14. The molecule has 10 atom stereocenters. The number of nitrogen functional groups attached to an aromatic ring is 2. The SMILES string of the molecule is CC(C)[C@@H]1CC[C@@H](C)C[C@H]1OC(=O)[C@@H]1O[C@@H](n2ccc(N)nc2=O)CS1.CC(C)[C@@H]1CC[C@@H](C)C[C@H]1OC(=O)[C@H]1O[C@H](n2ccc(N)nc2=O)CS1. The van der Waals surface area contributed by atoms with E-state index in [0.29, 0.717) is 47.0 Å². The standard InChI is InChI=1S/2C18H27N3O4S/c2*1-10(2)12-5-4-11(3)8-13(12)24-16(22)17-25-15(9-26-17)21-7-6-14(19)20-18(21)23/h2*6-7,10-13,15,17H,4-5,8-9H2,1-3H3,(H2,19,20,23)/t11-,12+,13-,15+,17+;11-,12+,13-,15-,17-/m11/s1. The minimum atomic E-state index is -0.713. The van der Waals surface area contributed by atoms with Crippen LogP contribution in [0.25, 0.3) is 0 Å². The Kier molecular flexibility index (Phi) is 13.8. The molecule has 0 amide bonds. The van der Waals surface area contributed by atoms with Crippen molar-refractivity contribution in [1.82, 2.24) is 19.1 Å². The molecule has 4 fully saturated rings. The molecule has 0 spiro atoms. The average Bonchev–Trinajstić information content (AvgIpc) is 3.76. The summed E-state index contributed by atoms with van der Waals surface area (Å²) in [6, 6.07) is 3.08. The van der Waals surface area contributed by atoms with Crippen LogP contribution in [0.15, 0.2) is 34.1 Å². The topological polar surface area (TPSA) is 193 Å². The van der Waals surface area contributed by atoms with Crippen LogP contribution in [0, 0.1) is 35.5 Å². The van der Waals surface area contributed by atoms with Gasteiger partial charge in [0, 0.05) is 23.9 Å². The molecule has 0 aromatic carbocycles. The molecule has 288 valence electrons. The van der Waals surface area contributed by atoms with Gasteiger partial charge >= 0.3 is 23.3 Å². The van der Waals surface area contributed by atoms with Crippen LogP contribution in [0.4, 0.5) is 11.6 Å². The van der Waals surface area contributed by atoms with Crippen LogP contribution in [0.2, 0.25) is 0 Å². The van der Waals surface area contributed by atoms with Crippen molar-refractivity contribution in [2.45, 2.75) is 116 Å². The lowest BCUT2D eigenvalue weighted by Crippen LogP contribution is -2.38. The fraction of sp³-hybridized carbons (Fsp3) is 0.722. The first-order valence-electron chi connectivity index (χ1n) is 18.3. The molecule has 2 aromatic heterocycles. The van der Waals surface area contributed by atoms with Crippen LogP contribution in [0.3, 0.4) is 0 Å². The summed E-state index contributed by atoms with van der Waals surface area (Å²) >= 11 is 2.70. The van der Waals surface area contributed by atoms with E-state index in [4.69, 9.17) is 30.4 Å². The zero-order valence-corrected chi connectivity index (χ0v) is 32.6. The summed E-state index contributed by atoms with van der Waals surface area (Å²) in [5.74, 6) is 3.46. The van der Waals surface area contributed by atoms with Gasteiger partial charge in [-0.2, -0.15) is 9.97 Å². The van der Waals surface area contributed by atoms with E-state index in [1.165, 1.54) is 57.6 Å². The zero-order chi connectivity index (χ0) is 37.7. The van der Waals surface area contributed by atoms with Gasteiger partial charge in [0.2, 0.25) is 10.9 Å². The minimum Gasteiger partial charge on any atom is -0.459 e. The number of carbonyl (C=O) groups is 2. The van der Waals surface area contributed by atoms with Crippen LogP contribution >= 0.6 is 23.5 Å². The summed E-state index contributed by atoms with van der Waals surface area (Å²) in [6.45, 7) is 13.1. The second kappa shape index (κ2) is 17.8. The highest BCUT2D eigenvalue weighted by atomic mass is 32.2. The normalized spacial score (nSPS) is 31.9. The maximum atomic E-state index is 12.6. The van der Waals surface area contributed by atoms with Gasteiger partial charge in [-0.1, -0.05) is 54.4 Å². The Morgan fingerprint density at radius 3 is 1.46 bits per heavy atom. The molecule has 2 aliphatic heterocycles. The molecule has 0 bridgehead atoms. The van der Waals surface area contributed by atoms with Crippen molar-refractivity contribution in [3.8, 4) is 0 Å². The number of carbonyl (C=O) groups excluding carboxylic acids is 2. The van der Waals surface area contributed by atoms with Crippen molar-refractivity contribution in [2.24, 2.45) is 35.5 Å². The van der Waals surface area contributed by atoms with E-state index < -0.39 is 34.7 Å². The van der Waals surface area contributed by atoms with Crippen LogP contribution < -0.4 is 22.8 Å². The van der Waals surface area contributed by atoms with Crippen LogP contribution in [0.1, 0.15) is 92.5 Å². The third-order valence-corrected chi connectivity index (χ3v) is 12.7. The van der Waals surface area contributed by atoms with Crippen LogP contribution in [-0.4, -0.2) is 65.6 Å². The monoisotopic (exact) mass is 762 g/mol. The van der Waals surface area contributed by atoms with E-state index in [1.54, 1.807) is 12.4 Å². The van der Waals surface area contributed by atoms with Gasteiger partial charge in [-0.15, -0.1) is 23.5 Å². The Morgan fingerprint density at radius 2 is 1.12 bits per heavy atom. The quantitative estimate of drug-likeness (QED) is 0.347. The van der Waals surface area contributed by atoms with E-state index in [0.717, 1.165) is 25.7 Å². The van der Waals surface area contributed by atoms with Gasteiger partial charge in [0.25, 0.3) is 0 Å². The Balaban J connectivity index is 0.000000201. The van der Waals surface area contributed by atoms with E-state index in [9.17, 15) is 19.2 Å². The number of nitrogens with two attached hydrogens (primary N) is 2. The molecule has 0 radical (unpaired) electrons. The highest BCUT2D eigenvalue weighted by Gasteiger charge is 2.40. The zero-order valence-electron chi connectivity index (χ0n) is 30.9. The Labute approximate surface area is 313 Å². The lowest BCUT2D eigenvalue weighted by molar-refractivity contribution is -0.167. The molecule has 2 aromatic rings. The maximum Gasteiger partial charge on any atom is 0.351 e. The fourth-order valence-electron chi connectivity index (χ4n) is 7.52. The summed E-state index contributed by atoms with van der Waals surface area (Å²) in [5, 5.41) is 0. The van der Waals surface area contributed by atoms with Crippen molar-refractivity contribution in [1.29, 1.82) is 0 Å². The second-order valence-electron chi connectivity index (χ2n) is 15.2. The van der Waals surface area contributed by atoms with Crippen molar-refractivity contribution in [3.05, 3.63) is 45.5 Å². The molecule has 4 heterocycles. The molecule has 2 aliphatic carbocycles. The van der Waals surface area contributed by atoms with E-state index >= 15 is 0 Å². The number of anilines is 2. The highest BCUT2D eigenvalue weighted by Crippen LogP contribution is 2.39. The fourth-order valence-corrected chi connectivity index (χ4v) is 9.47. The van der Waals surface area contributed by atoms with Gasteiger partial charge in [-0.05, 0) is 73.3 Å². The predicted molar refractivity (Wildman–Crippen MR) is 201 cm³/mol. The molecule has 4 aliphatic rings. The van der Waals surface area contributed by atoms with Crippen molar-refractivity contribution < 1.29 is 28.5 Å². The number of aromatic nitrogens is 4. The first-order chi connectivity index (χ1) is 24.7. The van der Waals surface area contributed by atoms with E-state index in [1.807, 2.05) is 0 Å². The Hall–Kier alpha value is -3.08. The highest BCUT2D eigenvalue weighted by molar-refractivity contribution is 8.00. The van der Waals surface area contributed by atoms with Gasteiger partial charge < -0.3 is 30.4 Å². The summed E-state index contributed by atoms with van der Waals surface area (Å²) in [4.78, 5) is 56.5. The second-order valence-corrected chi connectivity index (χ2v) is 17.4. The first kappa shape index (κ1) is 40.1. The van der Waals surface area contributed by atoms with Gasteiger partial charge in [-0.25, -0.2) is 19.2 Å². The number of hydrogen-bond donors (Lipinski definition) is 2. The number of ether oxygens (including phenoxy) is 4. The molecule has 4 N–H and O–H groups in total. The van der Waals surface area contributed by atoms with E-state index in [-0.39, 0.29) is 35.8 Å². The maximum absolute atomic E-state index is 12.6. The number of rotatable bonds is 8. The molecule has 0 unspecified atom stereocenters. The Bertz CT molecular complexity index is 1540. The number of esters is 2. The van der Waals surface area contributed by atoms with Crippen molar-refractivity contribution >= 4 is 47.1 Å². The molecule has 16 heteroatoms. The summed E-state index contributed by atoms with van der Waals surface area (Å²) < 4.78 is 25.9.